The van der Waals surface area contributed by atoms with E-state index in [2.05, 4.69) is 20.3 Å². The van der Waals surface area contributed by atoms with E-state index in [1.54, 1.807) is 12.1 Å². The molecule has 0 aliphatic carbocycles. The number of imidazole rings is 1. The van der Waals surface area contributed by atoms with Crippen LogP contribution in [0.2, 0.25) is 0 Å². The Bertz CT molecular complexity index is 929. The quantitative estimate of drug-likeness (QED) is 0.338. The predicted molar refractivity (Wildman–Crippen MR) is 96.0 cm³/mol. The van der Waals surface area contributed by atoms with Crippen molar-refractivity contribution in [2.24, 2.45) is 0 Å². The molecule has 3 aliphatic rings. The van der Waals surface area contributed by atoms with Crippen molar-refractivity contribution in [3.63, 3.8) is 0 Å². The summed E-state index contributed by atoms with van der Waals surface area (Å²) in [6.45, 7) is -0.208. The number of aromatic nitrogens is 4. The number of aliphatic hydroxyl groups is 4. The highest BCUT2D eigenvalue weighted by molar-refractivity contribution is 5.66. The molecule has 1 aromatic heterocycles. The van der Waals surface area contributed by atoms with Gasteiger partial charge >= 0.3 is 0 Å². The lowest BCUT2D eigenvalue weighted by Crippen LogP contribution is -2.56. The average Bonchev–Trinajstić information content (AvgIpc) is 3.40. The average molecular weight is 407 g/mol. The Labute approximate surface area is 164 Å². The molecule has 29 heavy (non-hydrogen) atoms. The van der Waals surface area contributed by atoms with Crippen LogP contribution in [0.1, 0.15) is 12.0 Å². The monoisotopic (exact) mass is 407 g/mol. The van der Waals surface area contributed by atoms with Crippen LogP contribution in [0.25, 0.3) is 11.5 Å². The third kappa shape index (κ3) is 3.52. The van der Waals surface area contributed by atoms with Gasteiger partial charge < -0.3 is 39.6 Å². The molecular formula is C17H21N5O7. The van der Waals surface area contributed by atoms with Crippen molar-refractivity contribution in [2.45, 2.75) is 37.2 Å². The summed E-state index contributed by atoms with van der Waals surface area (Å²) in [6, 6.07) is 3.46. The van der Waals surface area contributed by atoms with Crippen molar-refractivity contribution in [2.75, 3.05) is 19.0 Å². The van der Waals surface area contributed by atoms with Gasteiger partial charge in [-0.2, -0.15) is 0 Å². The molecule has 4 rings (SSSR count). The van der Waals surface area contributed by atoms with Crippen LogP contribution < -0.4 is 10.1 Å². The fourth-order valence-electron chi connectivity index (χ4n) is 3.21. The molecule has 1 saturated heterocycles. The number of aliphatic hydroxyl groups excluding tert-OH is 4. The lowest BCUT2D eigenvalue weighted by molar-refractivity contribution is -0.251. The molecule has 0 saturated carbocycles. The fraction of sp³-hybridized carbons (Fsp3) is 0.471. The maximum Gasteiger partial charge on any atom is 0.284 e. The first-order chi connectivity index (χ1) is 14.0. The second-order valence-corrected chi connectivity index (χ2v) is 6.54. The van der Waals surface area contributed by atoms with Crippen LogP contribution in [-0.4, -0.2) is 78.1 Å². The third-order valence-corrected chi connectivity index (χ3v) is 4.77. The normalized spacial score (nSPS) is 27.3. The number of fused-ring (bicyclic) bond motifs is 1. The number of anilines is 1. The summed E-state index contributed by atoms with van der Waals surface area (Å²) in [5.41, 5.74) is 0.406. The number of nitrogens with one attached hydrogen (secondary N) is 1. The Morgan fingerprint density at radius 1 is 1.14 bits per heavy atom. The molecule has 0 bridgehead atoms. The topological polar surface area (TPSA) is 168 Å². The van der Waals surface area contributed by atoms with E-state index in [0.29, 0.717) is 35.6 Å². The number of ether oxygens (including phenoxy) is 2. The molecule has 3 aliphatic heterocycles. The van der Waals surface area contributed by atoms with Crippen molar-refractivity contribution in [1.82, 2.24) is 19.5 Å². The van der Waals surface area contributed by atoms with Crippen LogP contribution in [0.15, 0.2) is 29.2 Å². The summed E-state index contributed by atoms with van der Waals surface area (Å²) in [7, 11) is 1.51. The van der Waals surface area contributed by atoms with E-state index in [4.69, 9.17) is 13.9 Å². The van der Waals surface area contributed by atoms with Gasteiger partial charge in [0.15, 0.2) is 23.6 Å². The number of hydrogen-bond donors (Lipinski definition) is 5. The molecule has 1 unspecified atom stereocenters. The molecule has 5 N–H and O–H groups in total. The lowest BCUT2D eigenvalue weighted by atomic mass is 9.98. The maximum atomic E-state index is 10.4. The number of furan rings is 1. The Balaban J connectivity index is 1.59. The molecule has 0 aromatic carbocycles. The molecule has 0 radical (unpaired) electrons. The molecule has 4 heterocycles. The van der Waals surface area contributed by atoms with Crippen LogP contribution in [0.5, 0.6) is 5.95 Å². The highest BCUT2D eigenvalue weighted by Gasteiger charge is 2.45. The van der Waals surface area contributed by atoms with Crippen LogP contribution >= 0.6 is 0 Å². The Morgan fingerprint density at radius 3 is 2.69 bits per heavy atom. The van der Waals surface area contributed by atoms with Crippen molar-refractivity contribution >= 4 is 5.82 Å². The molecule has 5 atom stereocenters. The first-order valence-electron chi connectivity index (χ1n) is 8.88. The zero-order chi connectivity index (χ0) is 20.5. The second-order valence-electron chi connectivity index (χ2n) is 6.54. The summed E-state index contributed by atoms with van der Waals surface area (Å²) in [4.78, 5) is 12.7. The zero-order valence-corrected chi connectivity index (χ0v) is 15.4. The van der Waals surface area contributed by atoms with Crippen molar-refractivity contribution < 1.29 is 34.3 Å². The van der Waals surface area contributed by atoms with E-state index in [1.165, 1.54) is 24.3 Å². The van der Waals surface area contributed by atoms with E-state index in [0.717, 1.165) is 0 Å². The Kier molecular flexibility index (Phi) is 5.34. The Hall–Kier alpha value is -2.77. The smallest absolute Gasteiger partial charge is 0.284 e. The summed E-state index contributed by atoms with van der Waals surface area (Å²) in [5, 5.41) is 42.9. The zero-order valence-electron chi connectivity index (χ0n) is 15.4. The van der Waals surface area contributed by atoms with Gasteiger partial charge in [-0.15, -0.1) is 0 Å². The highest BCUT2D eigenvalue weighted by atomic mass is 16.6. The lowest BCUT2D eigenvalue weighted by Gasteiger charge is -2.41. The maximum absolute atomic E-state index is 10.4. The van der Waals surface area contributed by atoms with Crippen LogP contribution in [0.4, 0.5) is 5.82 Å². The molecule has 0 amide bonds. The standard InChI is InChI=1S/C17H21N5O7/c1-27-10-3-2-8(28-10)4-18-15-11-16(20-6-19-11)22(7-21-15)17-14(26)13(25)12(24)9(5-23)29-17/h2-3,6-7,9,12-14,17-18,23-26H,4-5H2,1H3/t9-,12-,13+,14-,17?/m1/s1. The van der Waals surface area contributed by atoms with Gasteiger partial charge in [-0.25, -0.2) is 15.0 Å². The Morgan fingerprint density at radius 2 is 1.97 bits per heavy atom. The minimum absolute atomic E-state index is 0.322. The van der Waals surface area contributed by atoms with Crippen molar-refractivity contribution in [1.29, 1.82) is 0 Å². The van der Waals surface area contributed by atoms with Gasteiger partial charge in [-0.1, -0.05) is 0 Å². The van der Waals surface area contributed by atoms with E-state index >= 15 is 0 Å². The van der Waals surface area contributed by atoms with Gasteiger partial charge in [0, 0.05) is 6.07 Å². The number of nitrogens with zero attached hydrogens (tertiary/aromatic N) is 4. The summed E-state index contributed by atoms with van der Waals surface area (Å²) in [5.74, 6) is 1.78. The van der Waals surface area contributed by atoms with Crippen LogP contribution in [0, 0.1) is 0 Å². The van der Waals surface area contributed by atoms with Crippen LogP contribution in [0.3, 0.4) is 0 Å². The van der Waals surface area contributed by atoms with Gasteiger partial charge in [0.25, 0.3) is 5.95 Å². The van der Waals surface area contributed by atoms with Gasteiger partial charge in [-0.3, -0.25) is 4.57 Å². The second kappa shape index (κ2) is 7.93. The van der Waals surface area contributed by atoms with E-state index in [-0.39, 0.29) is 0 Å². The van der Waals surface area contributed by atoms with Gasteiger partial charge in [0.2, 0.25) is 0 Å². The SMILES string of the molecule is COc1ccc(CNc2ncn(C3O[C@H](CO)[C@@H](O)[C@H](O)[C@H]3O)c3ncnc2-3)o1. The molecule has 156 valence electrons. The minimum atomic E-state index is -1.51. The van der Waals surface area contributed by atoms with E-state index in [1.807, 2.05) is 0 Å². The van der Waals surface area contributed by atoms with Crippen molar-refractivity contribution in [3.05, 3.63) is 30.5 Å². The summed E-state index contributed by atoms with van der Waals surface area (Å²) in [6.07, 6.45) is -3.90. The number of hydrogen-bond acceptors (Lipinski definition) is 11. The first-order valence-corrected chi connectivity index (χ1v) is 8.88. The van der Waals surface area contributed by atoms with E-state index < -0.39 is 37.3 Å². The molecule has 12 nitrogen and oxygen atoms in total. The molecule has 1 aromatic rings. The van der Waals surface area contributed by atoms with E-state index in [9.17, 15) is 20.4 Å². The number of methoxy groups -OCH3 is 1. The molecule has 0 spiro atoms. The number of rotatable bonds is 6. The van der Waals surface area contributed by atoms with Gasteiger partial charge in [-0.05, 0) is 6.07 Å². The van der Waals surface area contributed by atoms with Crippen molar-refractivity contribution in [3.8, 4) is 17.5 Å². The van der Waals surface area contributed by atoms with Crippen LogP contribution in [-0.2, 0) is 11.3 Å². The predicted octanol–water partition coefficient (Wildman–Crippen LogP) is -1.04. The fourth-order valence-corrected chi connectivity index (χ4v) is 3.21. The highest BCUT2D eigenvalue weighted by Crippen LogP contribution is 2.33. The minimum Gasteiger partial charge on any atom is -0.468 e. The largest absolute Gasteiger partial charge is 0.468 e. The molecule has 12 heteroatoms. The first kappa shape index (κ1) is 19.5. The third-order valence-electron chi connectivity index (χ3n) is 4.77. The summed E-state index contributed by atoms with van der Waals surface area (Å²) < 4.78 is 17.4. The van der Waals surface area contributed by atoms with Gasteiger partial charge in [0.1, 0.15) is 42.8 Å². The molecular weight excluding hydrogens is 386 g/mol. The van der Waals surface area contributed by atoms with Gasteiger partial charge in [0.05, 0.1) is 20.3 Å². The summed E-state index contributed by atoms with van der Waals surface area (Å²) >= 11 is 0. The molecule has 1 fully saturated rings.